The summed E-state index contributed by atoms with van der Waals surface area (Å²) in [5, 5.41) is 24.9. The zero-order chi connectivity index (χ0) is 32.3. The maximum Gasteiger partial charge on any atom is 0.407 e. The van der Waals surface area contributed by atoms with Crippen molar-refractivity contribution in [2.45, 2.75) is 76.9 Å². The summed E-state index contributed by atoms with van der Waals surface area (Å²) < 4.78 is 5.74. The fourth-order valence-electron chi connectivity index (χ4n) is 5.99. The molecule has 0 saturated carbocycles. The molecule has 4 rings (SSSR count). The van der Waals surface area contributed by atoms with E-state index in [9.17, 15) is 19.8 Å². The highest BCUT2D eigenvalue weighted by molar-refractivity contribution is 8.13. The highest BCUT2D eigenvalue weighted by atomic mass is 32.2. The number of hydrogen-bond acceptors (Lipinski definition) is 6. The molecule has 0 radical (unpaired) electrons. The molecule has 1 aliphatic rings. The Morgan fingerprint density at radius 2 is 1.42 bits per heavy atom. The third kappa shape index (κ3) is 9.80. The van der Waals surface area contributed by atoms with Crippen molar-refractivity contribution >= 4 is 23.0 Å². The van der Waals surface area contributed by atoms with Gasteiger partial charge in [-0.25, -0.2) is 4.79 Å². The molecule has 6 nitrogen and oxygen atoms in total. The van der Waals surface area contributed by atoms with Crippen LogP contribution in [0.5, 0.6) is 0 Å². The highest BCUT2D eigenvalue weighted by Crippen LogP contribution is 2.44. The Morgan fingerprint density at radius 3 is 2.02 bits per heavy atom. The van der Waals surface area contributed by atoms with Gasteiger partial charge in [-0.15, -0.1) is 0 Å². The van der Waals surface area contributed by atoms with Gasteiger partial charge in [0.2, 0.25) is 0 Å². The van der Waals surface area contributed by atoms with Crippen LogP contribution in [0.2, 0.25) is 0 Å². The van der Waals surface area contributed by atoms with E-state index >= 15 is 0 Å². The Labute approximate surface area is 272 Å². The van der Waals surface area contributed by atoms with Gasteiger partial charge in [-0.3, -0.25) is 4.79 Å². The summed E-state index contributed by atoms with van der Waals surface area (Å²) in [6, 6.07) is 25.7. The summed E-state index contributed by atoms with van der Waals surface area (Å²) in [6.07, 6.45) is 2.25. The van der Waals surface area contributed by atoms with Crippen LogP contribution in [-0.4, -0.2) is 46.3 Å². The SMILES string of the molecule is CC(C)C[C@H](C(=O)SCc1ccccc1)[C@H](O)/C=C\C[C@H](O)[C@@H](CC(C)C)NC(=O)OCC1c2ccccc2-c2ccccc21. The summed E-state index contributed by atoms with van der Waals surface area (Å²) in [7, 11) is 0. The number of rotatable bonds is 15. The smallest absolute Gasteiger partial charge is 0.407 e. The molecular formula is C38H47NO5S. The number of nitrogens with one attached hydrogen (secondary N) is 1. The lowest BCUT2D eigenvalue weighted by molar-refractivity contribution is -0.117. The normalized spacial score (nSPS) is 15.5. The van der Waals surface area contributed by atoms with Crippen molar-refractivity contribution < 1.29 is 24.5 Å². The second-order valence-electron chi connectivity index (χ2n) is 12.8. The number of benzene rings is 3. The largest absolute Gasteiger partial charge is 0.449 e. The first-order chi connectivity index (χ1) is 21.6. The Balaban J connectivity index is 1.33. The van der Waals surface area contributed by atoms with Crippen LogP contribution in [0.4, 0.5) is 4.79 Å². The number of aliphatic hydroxyl groups excluding tert-OH is 2. The Kier molecular flexibility index (Phi) is 12.9. The fraction of sp³-hybridized carbons (Fsp3) is 0.421. The predicted molar refractivity (Wildman–Crippen MR) is 183 cm³/mol. The molecule has 0 aliphatic heterocycles. The molecule has 3 aromatic carbocycles. The summed E-state index contributed by atoms with van der Waals surface area (Å²) in [5.74, 6) is 0.428. The highest BCUT2D eigenvalue weighted by Gasteiger charge is 2.30. The first-order valence-corrected chi connectivity index (χ1v) is 17.0. The number of aliphatic hydroxyl groups is 2. The van der Waals surface area contributed by atoms with E-state index in [0.29, 0.717) is 18.6 Å². The molecule has 4 atom stereocenters. The van der Waals surface area contributed by atoms with Crippen molar-refractivity contribution in [3.63, 3.8) is 0 Å². The average Bonchev–Trinajstić information content (AvgIpc) is 3.34. The van der Waals surface area contributed by atoms with Gasteiger partial charge in [0.25, 0.3) is 0 Å². The zero-order valence-electron chi connectivity index (χ0n) is 26.8. The van der Waals surface area contributed by atoms with Gasteiger partial charge in [-0.1, -0.05) is 130 Å². The van der Waals surface area contributed by atoms with Crippen LogP contribution >= 0.6 is 11.8 Å². The second kappa shape index (κ2) is 16.8. The number of thioether (sulfide) groups is 1. The van der Waals surface area contributed by atoms with E-state index in [1.54, 1.807) is 12.2 Å². The minimum absolute atomic E-state index is 0.0418. The standard InChI is InChI=1S/C38H47NO5S/c1-25(2)21-32(37(42)45-24-27-13-6-5-7-14-27)35(40)19-12-20-36(41)34(22-26(3)4)39-38(43)44-23-33-30-17-10-8-15-28(30)29-16-9-11-18-31(29)33/h5-19,25-26,32-36,40-41H,20-24H2,1-4H3,(H,39,43)/b19-12-/t32-,34+,35+,36-/m0/s1. The molecule has 0 spiro atoms. The molecule has 1 aliphatic carbocycles. The number of ether oxygens (including phenoxy) is 1. The van der Waals surface area contributed by atoms with Crippen molar-refractivity contribution in [1.29, 1.82) is 0 Å². The summed E-state index contributed by atoms with van der Waals surface area (Å²) in [4.78, 5) is 26.1. The van der Waals surface area contributed by atoms with Gasteiger partial charge in [0.05, 0.1) is 24.2 Å². The lowest BCUT2D eigenvalue weighted by Gasteiger charge is -2.25. The molecule has 3 N–H and O–H groups in total. The molecule has 3 aromatic rings. The Hall–Kier alpha value is -3.39. The summed E-state index contributed by atoms with van der Waals surface area (Å²) in [5.41, 5.74) is 5.67. The van der Waals surface area contributed by atoms with Crippen LogP contribution in [0.3, 0.4) is 0 Å². The first kappa shape index (κ1) is 34.5. The molecule has 7 heteroatoms. The Morgan fingerprint density at radius 1 is 0.844 bits per heavy atom. The maximum absolute atomic E-state index is 13.1. The van der Waals surface area contributed by atoms with Gasteiger partial charge in [-0.2, -0.15) is 0 Å². The van der Waals surface area contributed by atoms with E-state index in [0.717, 1.165) is 27.8 Å². The van der Waals surface area contributed by atoms with Crippen LogP contribution in [0, 0.1) is 17.8 Å². The molecule has 45 heavy (non-hydrogen) atoms. The molecule has 240 valence electrons. The minimum Gasteiger partial charge on any atom is -0.449 e. The average molecular weight is 630 g/mol. The van der Waals surface area contributed by atoms with Crippen LogP contribution in [0.1, 0.15) is 69.6 Å². The maximum atomic E-state index is 13.1. The molecule has 0 unspecified atom stereocenters. The lowest BCUT2D eigenvalue weighted by Crippen LogP contribution is -2.44. The molecule has 0 heterocycles. The zero-order valence-corrected chi connectivity index (χ0v) is 27.6. The summed E-state index contributed by atoms with van der Waals surface area (Å²) in [6.45, 7) is 8.34. The lowest BCUT2D eigenvalue weighted by atomic mass is 9.92. The van der Waals surface area contributed by atoms with Crippen molar-refractivity contribution in [3.05, 3.63) is 108 Å². The number of alkyl carbamates (subject to hydrolysis) is 1. The third-order valence-electron chi connectivity index (χ3n) is 8.21. The van der Waals surface area contributed by atoms with Crippen molar-refractivity contribution in [2.75, 3.05) is 6.61 Å². The van der Waals surface area contributed by atoms with E-state index in [4.69, 9.17) is 4.74 Å². The fourth-order valence-corrected chi connectivity index (χ4v) is 6.94. The van der Waals surface area contributed by atoms with Crippen molar-refractivity contribution in [3.8, 4) is 11.1 Å². The second-order valence-corrected chi connectivity index (χ2v) is 13.7. The number of carbonyl (C=O) groups is 2. The minimum atomic E-state index is -0.964. The monoisotopic (exact) mass is 629 g/mol. The molecule has 0 bridgehead atoms. The van der Waals surface area contributed by atoms with Crippen LogP contribution < -0.4 is 5.32 Å². The van der Waals surface area contributed by atoms with Gasteiger partial charge in [-0.05, 0) is 58.9 Å². The third-order valence-corrected chi connectivity index (χ3v) is 9.28. The summed E-state index contributed by atoms with van der Waals surface area (Å²) >= 11 is 1.23. The number of fused-ring (bicyclic) bond motifs is 3. The van der Waals surface area contributed by atoms with Crippen LogP contribution in [-0.2, 0) is 15.3 Å². The van der Waals surface area contributed by atoms with Crippen LogP contribution in [0.15, 0.2) is 91.0 Å². The van der Waals surface area contributed by atoms with E-state index in [-0.39, 0.29) is 35.9 Å². The van der Waals surface area contributed by atoms with Gasteiger partial charge in [0.1, 0.15) is 6.61 Å². The van der Waals surface area contributed by atoms with E-state index in [1.807, 2.05) is 82.3 Å². The van der Waals surface area contributed by atoms with Crippen molar-refractivity contribution in [1.82, 2.24) is 5.32 Å². The molecular weight excluding hydrogens is 582 g/mol. The quantitative estimate of drug-likeness (QED) is 0.149. The topological polar surface area (TPSA) is 95.9 Å². The predicted octanol–water partition coefficient (Wildman–Crippen LogP) is 7.73. The molecule has 0 fully saturated rings. The molecule has 0 aromatic heterocycles. The van der Waals surface area contributed by atoms with E-state index < -0.39 is 30.3 Å². The van der Waals surface area contributed by atoms with E-state index in [1.165, 1.54) is 11.8 Å². The Bertz CT molecular complexity index is 1380. The van der Waals surface area contributed by atoms with Gasteiger partial charge >= 0.3 is 6.09 Å². The van der Waals surface area contributed by atoms with Gasteiger partial charge < -0.3 is 20.3 Å². The van der Waals surface area contributed by atoms with Crippen molar-refractivity contribution in [2.24, 2.45) is 17.8 Å². The molecule has 0 saturated heterocycles. The number of amides is 1. The van der Waals surface area contributed by atoms with Gasteiger partial charge in [0, 0.05) is 11.7 Å². The molecule has 1 amide bonds. The number of carbonyl (C=O) groups excluding carboxylic acids is 2. The number of hydrogen-bond donors (Lipinski definition) is 3. The van der Waals surface area contributed by atoms with E-state index in [2.05, 4.69) is 29.6 Å². The van der Waals surface area contributed by atoms with Crippen LogP contribution in [0.25, 0.3) is 11.1 Å². The van der Waals surface area contributed by atoms with Gasteiger partial charge in [0.15, 0.2) is 5.12 Å². The first-order valence-electron chi connectivity index (χ1n) is 16.0.